The molecule has 0 aliphatic carbocycles. The van der Waals surface area contributed by atoms with Crippen LogP contribution in [0.25, 0.3) is 0 Å². The smallest absolute Gasteiger partial charge is 0.416 e. The number of nitrogens with one attached hydrogen (secondary N) is 2. The number of ether oxygens (including phenoxy) is 2. The summed E-state index contributed by atoms with van der Waals surface area (Å²) < 4.78 is 49.3. The predicted octanol–water partition coefficient (Wildman–Crippen LogP) is 4.85. The molecule has 0 saturated heterocycles. The summed E-state index contributed by atoms with van der Waals surface area (Å²) in [6, 6.07) is 16.8. The van der Waals surface area contributed by atoms with Crippen LogP contribution in [0.3, 0.4) is 0 Å². The third kappa shape index (κ3) is 7.56. The van der Waals surface area contributed by atoms with Crippen LogP contribution in [0.5, 0.6) is 5.75 Å². The molecule has 188 valence electrons. The topological polar surface area (TPSA) is 93.7 Å². The third-order valence-electron chi connectivity index (χ3n) is 4.81. The highest BCUT2D eigenvalue weighted by Gasteiger charge is 2.30. The maximum Gasteiger partial charge on any atom is 0.416 e. The highest BCUT2D eigenvalue weighted by molar-refractivity contribution is 6.31. The third-order valence-corrected chi connectivity index (χ3v) is 5.05. The zero-order valence-corrected chi connectivity index (χ0v) is 19.3. The average Bonchev–Trinajstić information content (AvgIpc) is 2.85. The Morgan fingerprint density at radius 2 is 1.69 bits per heavy atom. The van der Waals surface area contributed by atoms with Crippen molar-refractivity contribution in [3.63, 3.8) is 0 Å². The van der Waals surface area contributed by atoms with Crippen molar-refractivity contribution in [1.29, 1.82) is 0 Å². The van der Waals surface area contributed by atoms with E-state index >= 15 is 0 Å². The number of rotatable bonds is 10. The minimum absolute atomic E-state index is 0.0586. The van der Waals surface area contributed by atoms with Crippen molar-refractivity contribution in [2.45, 2.75) is 18.9 Å². The number of benzene rings is 3. The van der Waals surface area contributed by atoms with Gasteiger partial charge >= 0.3 is 12.1 Å². The lowest BCUT2D eigenvalue weighted by Gasteiger charge is -2.18. The first-order valence-corrected chi connectivity index (χ1v) is 10.9. The summed E-state index contributed by atoms with van der Waals surface area (Å²) in [4.78, 5) is 36.4. The summed E-state index contributed by atoms with van der Waals surface area (Å²) in [5.74, 6) is -1.81. The van der Waals surface area contributed by atoms with Crippen molar-refractivity contribution >= 4 is 35.6 Å². The number of hydrogen-bond donors (Lipinski definition) is 2. The molecule has 0 radical (unpaired) electrons. The van der Waals surface area contributed by atoms with Gasteiger partial charge in [-0.15, -0.1) is 0 Å². The molecule has 0 spiro atoms. The fourth-order valence-electron chi connectivity index (χ4n) is 3.02. The number of halogens is 4. The zero-order valence-electron chi connectivity index (χ0n) is 18.6. The van der Waals surface area contributed by atoms with Crippen molar-refractivity contribution in [3.8, 4) is 5.75 Å². The molecule has 0 aromatic heterocycles. The van der Waals surface area contributed by atoms with Gasteiger partial charge in [0.05, 0.1) is 24.3 Å². The van der Waals surface area contributed by atoms with Crippen molar-refractivity contribution in [3.05, 3.63) is 94.5 Å². The number of carbonyl (C=O) groups is 3. The van der Waals surface area contributed by atoms with Gasteiger partial charge in [-0.1, -0.05) is 41.9 Å². The van der Waals surface area contributed by atoms with Crippen molar-refractivity contribution in [2.75, 3.05) is 11.9 Å². The molecule has 0 aliphatic heterocycles. The molecule has 0 fully saturated rings. The van der Waals surface area contributed by atoms with Gasteiger partial charge in [0.15, 0.2) is 6.10 Å². The summed E-state index contributed by atoms with van der Waals surface area (Å²) >= 11 is 6.00. The average molecular weight is 521 g/mol. The van der Waals surface area contributed by atoms with E-state index in [4.69, 9.17) is 21.1 Å². The van der Waals surface area contributed by atoms with E-state index in [1.807, 2.05) is 6.07 Å². The number of carbonyl (C=O) groups excluding carboxylic acids is 3. The fourth-order valence-corrected chi connectivity index (χ4v) is 3.19. The first kappa shape index (κ1) is 26.7. The molecule has 3 aromatic rings. The Hall–Kier alpha value is -3.89. The highest BCUT2D eigenvalue weighted by Crippen LogP contribution is 2.30. The largest absolute Gasteiger partial charge is 0.424 e. The van der Waals surface area contributed by atoms with Gasteiger partial charge in [0.1, 0.15) is 5.75 Å². The van der Waals surface area contributed by atoms with E-state index < -0.39 is 29.7 Å². The van der Waals surface area contributed by atoms with Crippen LogP contribution in [0.1, 0.15) is 21.5 Å². The second kappa shape index (κ2) is 12.2. The van der Waals surface area contributed by atoms with E-state index in [9.17, 15) is 27.6 Å². The Kier molecular flexibility index (Phi) is 9.04. The second-order valence-corrected chi connectivity index (χ2v) is 7.84. The van der Waals surface area contributed by atoms with Crippen LogP contribution in [0.4, 0.5) is 18.9 Å². The van der Waals surface area contributed by atoms with E-state index in [-0.39, 0.29) is 35.2 Å². The van der Waals surface area contributed by atoms with E-state index in [0.29, 0.717) is 6.41 Å². The molecule has 36 heavy (non-hydrogen) atoms. The van der Waals surface area contributed by atoms with E-state index in [2.05, 4.69) is 10.6 Å². The molecule has 3 aromatic carbocycles. The number of hydrogen-bond acceptors (Lipinski definition) is 5. The van der Waals surface area contributed by atoms with Gasteiger partial charge in [-0.2, -0.15) is 13.2 Å². The van der Waals surface area contributed by atoms with Crippen LogP contribution in [0.15, 0.2) is 72.8 Å². The predicted molar refractivity (Wildman–Crippen MR) is 126 cm³/mol. The zero-order chi connectivity index (χ0) is 26.1. The molecule has 1 atom stereocenters. The molecular weight excluding hydrogens is 501 g/mol. The molecule has 3 rings (SSSR count). The molecule has 1 unspecified atom stereocenters. The number of anilines is 1. The second-order valence-electron chi connectivity index (χ2n) is 7.40. The van der Waals surface area contributed by atoms with Gasteiger partial charge in [-0.3, -0.25) is 9.59 Å². The lowest BCUT2D eigenvalue weighted by atomic mass is 10.1. The number of esters is 1. The molecule has 2 N–H and O–H groups in total. The van der Waals surface area contributed by atoms with Gasteiger partial charge in [0.25, 0.3) is 5.91 Å². The normalized spacial score (nSPS) is 11.9. The molecule has 0 saturated carbocycles. The maximum atomic E-state index is 12.8. The minimum atomic E-state index is -4.52. The highest BCUT2D eigenvalue weighted by atomic mass is 35.5. The van der Waals surface area contributed by atoms with Crippen LogP contribution >= 0.6 is 11.6 Å². The Morgan fingerprint density at radius 1 is 1.00 bits per heavy atom. The summed E-state index contributed by atoms with van der Waals surface area (Å²) in [6.07, 6.45) is -5.32. The summed E-state index contributed by atoms with van der Waals surface area (Å²) in [6.45, 7) is -0.126. The number of alkyl halides is 3. The van der Waals surface area contributed by atoms with Crippen LogP contribution in [-0.2, 0) is 27.1 Å². The van der Waals surface area contributed by atoms with Crippen molar-refractivity contribution in [1.82, 2.24) is 5.32 Å². The Balaban J connectivity index is 1.75. The first-order valence-electron chi connectivity index (χ1n) is 10.5. The maximum absolute atomic E-state index is 12.8. The lowest BCUT2D eigenvalue weighted by molar-refractivity contribution is -0.148. The fraction of sp³-hybridized carbons (Fsp3) is 0.160. The molecule has 0 heterocycles. The molecule has 0 aliphatic rings. The number of amides is 2. The molecular formula is C25H20ClF3N2O5. The van der Waals surface area contributed by atoms with Crippen LogP contribution in [0.2, 0.25) is 5.02 Å². The van der Waals surface area contributed by atoms with Crippen LogP contribution in [-0.4, -0.2) is 30.9 Å². The van der Waals surface area contributed by atoms with Gasteiger partial charge in [-0.25, -0.2) is 4.79 Å². The first-order chi connectivity index (χ1) is 17.2. The monoisotopic (exact) mass is 520 g/mol. The van der Waals surface area contributed by atoms with Gasteiger partial charge < -0.3 is 20.1 Å². The molecule has 7 nitrogen and oxygen atoms in total. The van der Waals surface area contributed by atoms with Gasteiger partial charge in [-0.05, 0) is 48.0 Å². The quantitative estimate of drug-likeness (QED) is 0.226. The van der Waals surface area contributed by atoms with Crippen molar-refractivity contribution < 1.29 is 37.0 Å². The summed E-state index contributed by atoms with van der Waals surface area (Å²) in [7, 11) is 0. The van der Waals surface area contributed by atoms with E-state index in [0.717, 1.165) is 29.8 Å². The molecule has 0 bridgehead atoms. The Bertz CT molecular complexity index is 1200. The Labute approximate surface area is 209 Å². The van der Waals surface area contributed by atoms with Gasteiger partial charge in [0.2, 0.25) is 6.41 Å². The minimum Gasteiger partial charge on any atom is -0.424 e. The summed E-state index contributed by atoms with van der Waals surface area (Å²) in [5, 5.41) is 4.96. The standard InChI is InChI=1S/C25H20ClF3N2O5/c26-18-8-11-21(20(12-18)23(33)31-19-9-6-17(7-10-19)25(27,28)29)36-24(34)22(13-30-15-32)35-14-16-4-2-1-3-5-16/h1-12,15,22H,13-14H2,(H,30,32)(H,31,33). The SMILES string of the molecule is O=CNCC(OCc1ccccc1)C(=O)Oc1ccc(Cl)cc1C(=O)Nc1ccc(C(F)(F)F)cc1. The molecule has 2 amide bonds. The van der Waals surface area contributed by atoms with E-state index in [1.165, 1.54) is 18.2 Å². The van der Waals surface area contributed by atoms with Crippen LogP contribution < -0.4 is 15.4 Å². The molecule has 11 heteroatoms. The van der Waals surface area contributed by atoms with Crippen LogP contribution in [0, 0.1) is 0 Å². The van der Waals surface area contributed by atoms with Crippen molar-refractivity contribution in [2.24, 2.45) is 0 Å². The van der Waals surface area contributed by atoms with E-state index in [1.54, 1.807) is 24.3 Å². The Morgan fingerprint density at radius 3 is 2.33 bits per heavy atom. The van der Waals surface area contributed by atoms with Gasteiger partial charge in [0, 0.05) is 10.7 Å². The summed E-state index contributed by atoms with van der Waals surface area (Å²) in [5.41, 5.74) is -0.140. The lowest BCUT2D eigenvalue weighted by Crippen LogP contribution is -2.38.